The molecule has 4 aromatic rings. The zero-order valence-electron chi connectivity index (χ0n) is 23.2. The van der Waals surface area contributed by atoms with Crippen molar-refractivity contribution in [3.8, 4) is 11.5 Å². The zero-order chi connectivity index (χ0) is 29.8. The quantitative estimate of drug-likeness (QED) is 0.233. The largest absolute Gasteiger partial charge is 0.490 e. The van der Waals surface area contributed by atoms with Crippen molar-refractivity contribution in [1.82, 2.24) is 4.57 Å². The molecule has 3 aromatic carbocycles. The monoisotopic (exact) mass is 606 g/mol. The van der Waals surface area contributed by atoms with E-state index in [-0.39, 0.29) is 29.4 Å². The van der Waals surface area contributed by atoms with E-state index < -0.39 is 17.8 Å². The number of benzene rings is 3. The molecular weight excluding hydrogens is 579 g/mol. The Kier molecular flexibility index (Phi) is 8.89. The number of rotatable bonds is 9. The fourth-order valence-corrected chi connectivity index (χ4v) is 5.98. The number of hydrogen-bond acceptors (Lipinski definition) is 7. The van der Waals surface area contributed by atoms with Crippen LogP contribution in [0.2, 0.25) is 5.02 Å². The van der Waals surface area contributed by atoms with E-state index in [0.29, 0.717) is 44.3 Å². The van der Waals surface area contributed by atoms with E-state index in [9.17, 15) is 14.0 Å². The van der Waals surface area contributed by atoms with Gasteiger partial charge in [-0.15, -0.1) is 0 Å². The first kappa shape index (κ1) is 29.3. The number of carbonyl (C=O) groups is 1. The molecule has 0 bridgehead atoms. The first-order valence-corrected chi connectivity index (χ1v) is 14.6. The standard InChI is InChI=1S/C32H28ClFN2O5S/c1-4-39-26-16-20(14-15-25(26)41-18-22-23(33)12-9-13-24(22)34)17-27-30(37)36-29(21-10-7-6-8-11-21)28(31(38)40-5-2)19(3)35-32(36)42-27/h6-17,29H,4-5,18H2,1-3H3/b27-17+/t29-/m0/s1. The summed E-state index contributed by atoms with van der Waals surface area (Å²) >= 11 is 7.38. The van der Waals surface area contributed by atoms with E-state index in [2.05, 4.69) is 4.99 Å². The molecule has 42 heavy (non-hydrogen) atoms. The van der Waals surface area contributed by atoms with Gasteiger partial charge in [0.05, 0.1) is 40.1 Å². The highest BCUT2D eigenvalue weighted by atomic mass is 35.5. The van der Waals surface area contributed by atoms with Crippen LogP contribution in [0.15, 0.2) is 87.8 Å². The molecule has 0 N–H and O–H groups in total. The number of aromatic nitrogens is 1. The molecule has 0 amide bonds. The number of thiazole rings is 1. The molecule has 0 unspecified atom stereocenters. The number of hydrogen-bond donors (Lipinski definition) is 0. The summed E-state index contributed by atoms with van der Waals surface area (Å²) in [5.74, 6) is -0.110. The molecule has 7 nitrogen and oxygen atoms in total. The van der Waals surface area contributed by atoms with Crippen molar-refractivity contribution >= 4 is 35.0 Å². The van der Waals surface area contributed by atoms with Crippen LogP contribution in [0.1, 0.15) is 43.5 Å². The maximum atomic E-state index is 14.2. The molecule has 216 valence electrons. The minimum absolute atomic E-state index is 0.0782. The van der Waals surface area contributed by atoms with Gasteiger partial charge < -0.3 is 14.2 Å². The number of ether oxygens (including phenoxy) is 3. The number of allylic oxidation sites excluding steroid dienone is 1. The molecule has 0 spiro atoms. The molecule has 1 aliphatic heterocycles. The average Bonchev–Trinajstić information content (AvgIpc) is 3.27. The van der Waals surface area contributed by atoms with Gasteiger partial charge in [-0.05, 0) is 62.2 Å². The molecule has 1 aliphatic rings. The van der Waals surface area contributed by atoms with E-state index in [1.807, 2.05) is 37.3 Å². The summed E-state index contributed by atoms with van der Waals surface area (Å²) in [6, 6.07) is 18.4. The van der Waals surface area contributed by atoms with Crippen LogP contribution in [-0.4, -0.2) is 23.8 Å². The van der Waals surface area contributed by atoms with E-state index in [4.69, 9.17) is 25.8 Å². The molecule has 1 atom stereocenters. The van der Waals surface area contributed by atoms with E-state index in [0.717, 1.165) is 5.56 Å². The predicted octanol–water partition coefficient (Wildman–Crippen LogP) is 5.57. The first-order chi connectivity index (χ1) is 20.3. The lowest BCUT2D eigenvalue weighted by Gasteiger charge is -2.24. The van der Waals surface area contributed by atoms with Crippen molar-refractivity contribution in [1.29, 1.82) is 0 Å². The molecule has 0 aliphatic carbocycles. The molecule has 0 saturated heterocycles. The van der Waals surface area contributed by atoms with Gasteiger partial charge in [0.2, 0.25) is 0 Å². The molecular formula is C32H28ClFN2O5S. The van der Waals surface area contributed by atoms with Crippen molar-refractivity contribution in [2.24, 2.45) is 4.99 Å². The Morgan fingerprint density at radius 1 is 1.05 bits per heavy atom. The van der Waals surface area contributed by atoms with Crippen LogP contribution in [0.3, 0.4) is 0 Å². The zero-order valence-corrected chi connectivity index (χ0v) is 24.8. The predicted molar refractivity (Wildman–Crippen MR) is 160 cm³/mol. The van der Waals surface area contributed by atoms with Crippen molar-refractivity contribution in [3.05, 3.63) is 125 Å². The van der Waals surface area contributed by atoms with Gasteiger partial charge in [-0.1, -0.05) is 65.4 Å². The Morgan fingerprint density at radius 3 is 2.55 bits per heavy atom. The lowest BCUT2D eigenvalue weighted by atomic mass is 9.96. The second-order valence-corrected chi connectivity index (χ2v) is 10.8. The fraction of sp³-hybridized carbons (Fsp3) is 0.219. The summed E-state index contributed by atoms with van der Waals surface area (Å²) in [6.45, 7) is 5.83. The average molecular weight is 607 g/mol. The number of nitrogens with zero attached hydrogens (tertiary/aromatic N) is 2. The van der Waals surface area contributed by atoms with Gasteiger partial charge in [0.15, 0.2) is 16.3 Å². The van der Waals surface area contributed by atoms with Gasteiger partial charge in [0.1, 0.15) is 12.4 Å². The van der Waals surface area contributed by atoms with Gasteiger partial charge in [0.25, 0.3) is 5.56 Å². The van der Waals surface area contributed by atoms with Crippen LogP contribution in [0.25, 0.3) is 6.08 Å². The SMILES string of the molecule is CCOC(=O)C1=C(C)N=c2s/c(=C/c3ccc(OCc4c(F)cccc4Cl)c(OCC)c3)c(=O)n2[C@H]1c1ccccc1. The van der Waals surface area contributed by atoms with Crippen LogP contribution in [0.5, 0.6) is 11.5 Å². The van der Waals surface area contributed by atoms with Crippen LogP contribution in [0, 0.1) is 5.82 Å². The van der Waals surface area contributed by atoms with E-state index in [1.165, 1.54) is 23.5 Å². The van der Waals surface area contributed by atoms with E-state index >= 15 is 0 Å². The van der Waals surface area contributed by atoms with Gasteiger partial charge in [-0.25, -0.2) is 14.2 Å². The molecule has 2 heterocycles. The maximum Gasteiger partial charge on any atom is 0.338 e. The number of carbonyl (C=O) groups excluding carboxylic acids is 1. The molecule has 5 rings (SSSR count). The second kappa shape index (κ2) is 12.8. The van der Waals surface area contributed by atoms with Crippen molar-refractivity contribution in [2.75, 3.05) is 13.2 Å². The normalized spacial score (nSPS) is 14.8. The van der Waals surface area contributed by atoms with Gasteiger partial charge in [-0.2, -0.15) is 0 Å². The molecule has 10 heteroatoms. The van der Waals surface area contributed by atoms with E-state index in [1.54, 1.807) is 48.8 Å². The topological polar surface area (TPSA) is 79.1 Å². The van der Waals surface area contributed by atoms with Crippen LogP contribution in [0.4, 0.5) is 4.39 Å². The molecule has 0 fully saturated rings. The Balaban J connectivity index is 1.55. The Labute approximate surface area is 250 Å². The summed E-state index contributed by atoms with van der Waals surface area (Å²) in [7, 11) is 0. The minimum atomic E-state index is -0.677. The van der Waals surface area contributed by atoms with Crippen LogP contribution < -0.4 is 24.4 Å². The Morgan fingerprint density at radius 2 is 1.83 bits per heavy atom. The highest BCUT2D eigenvalue weighted by Crippen LogP contribution is 2.32. The number of fused-ring (bicyclic) bond motifs is 1. The van der Waals surface area contributed by atoms with Gasteiger partial charge in [0, 0.05) is 5.56 Å². The van der Waals surface area contributed by atoms with Crippen molar-refractivity contribution < 1.29 is 23.4 Å². The summed E-state index contributed by atoms with van der Waals surface area (Å²) in [5, 5.41) is 0.273. The van der Waals surface area contributed by atoms with Crippen molar-refractivity contribution in [2.45, 2.75) is 33.4 Å². The first-order valence-electron chi connectivity index (χ1n) is 13.4. The molecule has 0 radical (unpaired) electrons. The lowest BCUT2D eigenvalue weighted by molar-refractivity contribution is -0.139. The third-order valence-corrected chi connectivity index (χ3v) is 7.97. The summed E-state index contributed by atoms with van der Waals surface area (Å²) < 4.78 is 33.2. The fourth-order valence-electron chi connectivity index (χ4n) is 4.72. The summed E-state index contributed by atoms with van der Waals surface area (Å²) in [5.41, 5.74) is 2.27. The third-order valence-electron chi connectivity index (χ3n) is 6.63. The summed E-state index contributed by atoms with van der Waals surface area (Å²) in [4.78, 5) is 31.9. The number of halogens is 2. The second-order valence-electron chi connectivity index (χ2n) is 9.34. The Hall–Kier alpha value is -4.21. The third kappa shape index (κ3) is 5.89. The van der Waals surface area contributed by atoms with Gasteiger partial charge in [-0.3, -0.25) is 9.36 Å². The highest BCUT2D eigenvalue weighted by Gasteiger charge is 2.33. The lowest BCUT2D eigenvalue weighted by Crippen LogP contribution is -2.39. The van der Waals surface area contributed by atoms with Crippen LogP contribution in [-0.2, 0) is 16.1 Å². The van der Waals surface area contributed by atoms with Gasteiger partial charge >= 0.3 is 5.97 Å². The maximum absolute atomic E-state index is 14.2. The molecule has 1 aromatic heterocycles. The van der Waals surface area contributed by atoms with Crippen molar-refractivity contribution in [3.63, 3.8) is 0 Å². The minimum Gasteiger partial charge on any atom is -0.490 e. The highest BCUT2D eigenvalue weighted by molar-refractivity contribution is 7.07. The molecule has 0 saturated carbocycles. The smallest absolute Gasteiger partial charge is 0.338 e. The summed E-state index contributed by atoms with van der Waals surface area (Å²) in [6.07, 6.45) is 1.75. The number of esters is 1. The van der Waals surface area contributed by atoms with Crippen LogP contribution >= 0.6 is 22.9 Å². The Bertz CT molecular complexity index is 1830.